The first kappa shape index (κ1) is 39.5. The third-order valence-corrected chi connectivity index (χ3v) is 8.60. The Morgan fingerprint density at radius 3 is 0.738 bits per heavy atom. The number of aryl methyl sites for hydroxylation is 8. The second kappa shape index (κ2) is 23.8. The Labute approximate surface area is 298 Å². The largest absolute Gasteiger partial charge is 1.00 e. The number of halogens is 2. The molecule has 0 bridgehead atoms. The van der Waals surface area contributed by atoms with Crippen molar-refractivity contribution in [3.05, 3.63) is 117 Å². The summed E-state index contributed by atoms with van der Waals surface area (Å²) in [5.41, 5.74) is 12.8. The van der Waals surface area contributed by atoms with Crippen LogP contribution in [0.5, 0.6) is 0 Å². The van der Waals surface area contributed by atoms with Crippen LogP contribution in [-0.4, -0.2) is 8.52 Å². The molecule has 0 saturated carbocycles. The summed E-state index contributed by atoms with van der Waals surface area (Å²) in [7, 11) is 0. The standard InChI is InChI=1S/4C9H11.2CH2.2ClH.2Hf/c4*1-2-5-9-7-3-6-8(9)4-1;;;;;;/h4*3,6-7H,1-2,4-5H2;2*1H2;2*1H;;/q4*-1;;;;;2*+2/p-2. The molecule has 4 aromatic rings. The van der Waals surface area contributed by atoms with Crippen molar-refractivity contribution in [3.63, 3.8) is 0 Å². The van der Waals surface area contributed by atoms with Gasteiger partial charge in [-0.2, -0.15) is 93.0 Å². The Kier molecular flexibility index (Phi) is 22.4. The minimum absolute atomic E-state index is 0. The fraction of sp³-hybridized carbons (Fsp3) is 0.421. The molecule has 0 fully saturated rings. The maximum atomic E-state index is 3.39. The van der Waals surface area contributed by atoms with Gasteiger partial charge in [0.05, 0.1) is 0 Å². The fourth-order valence-electron chi connectivity index (χ4n) is 6.45. The molecule has 0 radical (unpaired) electrons. The van der Waals surface area contributed by atoms with Crippen LogP contribution in [0.4, 0.5) is 0 Å². The molecule has 0 saturated heterocycles. The monoisotopic (exact) mass is 934 g/mol. The molecule has 42 heavy (non-hydrogen) atoms. The molecular weight excluding hydrogens is 884 g/mol. The average molecular weight is 933 g/mol. The summed E-state index contributed by atoms with van der Waals surface area (Å²) in [5, 5.41) is 0. The number of rotatable bonds is 0. The quantitative estimate of drug-likeness (QED) is 0.188. The first-order chi connectivity index (χ1) is 19.9. The fourth-order valence-corrected chi connectivity index (χ4v) is 6.45. The van der Waals surface area contributed by atoms with Crippen molar-refractivity contribution in [2.45, 2.75) is 103 Å². The molecule has 224 valence electrons. The van der Waals surface area contributed by atoms with Crippen LogP contribution in [0.2, 0.25) is 0 Å². The molecule has 0 N–H and O–H groups in total. The molecule has 0 nitrogen and oxygen atoms in total. The van der Waals surface area contributed by atoms with E-state index in [1.807, 2.05) is 0 Å². The van der Waals surface area contributed by atoms with Gasteiger partial charge in [-0.15, -0.1) is 0 Å². The normalized spacial score (nSPS) is 15.1. The van der Waals surface area contributed by atoms with E-state index in [-0.39, 0.29) is 24.8 Å². The number of fused-ring (bicyclic) bond motifs is 4. The third kappa shape index (κ3) is 12.8. The van der Waals surface area contributed by atoms with Crippen LogP contribution in [0.25, 0.3) is 0 Å². The Hall–Kier alpha value is -0.540. The van der Waals surface area contributed by atoms with E-state index in [2.05, 4.69) is 81.3 Å². The van der Waals surface area contributed by atoms with Crippen molar-refractivity contribution in [1.82, 2.24) is 0 Å². The molecule has 4 aliphatic carbocycles. The van der Waals surface area contributed by atoms with Crippen LogP contribution >= 0.6 is 0 Å². The van der Waals surface area contributed by atoms with Gasteiger partial charge < -0.3 is 24.8 Å². The van der Waals surface area contributed by atoms with Gasteiger partial charge in [0, 0.05) is 0 Å². The second-order valence-electron chi connectivity index (χ2n) is 11.1. The zero-order valence-electron chi connectivity index (χ0n) is 25.4. The molecule has 4 aliphatic rings. The maximum Gasteiger partial charge on any atom is -0.0512 e. The van der Waals surface area contributed by atoms with E-state index in [4.69, 9.17) is 0 Å². The molecule has 8 rings (SSSR count). The second-order valence-corrected chi connectivity index (χ2v) is 11.1. The van der Waals surface area contributed by atoms with Gasteiger partial charge >= 0.3 is 56.3 Å². The first-order valence-corrected chi connectivity index (χ1v) is 20.6. The van der Waals surface area contributed by atoms with Gasteiger partial charge in [-0.3, -0.25) is 0 Å². The average Bonchev–Trinajstić information content (AvgIpc) is 3.86. The van der Waals surface area contributed by atoms with Crippen LogP contribution in [-0.2, 0) is 99.2 Å². The minimum atomic E-state index is 0. The Balaban J connectivity index is 0.000000265. The van der Waals surface area contributed by atoms with Crippen LogP contribution in [0.15, 0.2) is 72.8 Å². The summed E-state index contributed by atoms with van der Waals surface area (Å²) in [5.74, 6) is 0. The molecule has 0 unspecified atom stereocenters. The van der Waals surface area contributed by atoms with Gasteiger partial charge in [0.15, 0.2) is 0 Å². The van der Waals surface area contributed by atoms with Crippen LogP contribution < -0.4 is 24.8 Å². The van der Waals surface area contributed by atoms with E-state index in [1.54, 1.807) is 44.5 Å². The topological polar surface area (TPSA) is 0 Å². The molecule has 0 amide bonds. The minimum Gasteiger partial charge on any atom is -1.00 e. The Bertz CT molecular complexity index is 938. The van der Waals surface area contributed by atoms with Gasteiger partial charge in [0.2, 0.25) is 0 Å². The molecular formula is C38H48Cl2Hf2-2. The van der Waals surface area contributed by atoms with Gasteiger partial charge in [0.25, 0.3) is 0 Å². The smallest absolute Gasteiger partial charge is 0.0512 e. The molecule has 4 heteroatoms. The predicted molar refractivity (Wildman–Crippen MR) is 169 cm³/mol. The van der Waals surface area contributed by atoms with Crippen molar-refractivity contribution in [3.8, 4) is 0 Å². The predicted octanol–water partition coefficient (Wildman–Crippen LogP) is 3.08. The maximum absolute atomic E-state index is 3.39. The summed E-state index contributed by atoms with van der Waals surface area (Å²) in [4.78, 5) is 0. The van der Waals surface area contributed by atoms with Crippen molar-refractivity contribution >= 4 is 8.52 Å². The summed E-state index contributed by atoms with van der Waals surface area (Å²) >= 11 is 2.11. The summed E-state index contributed by atoms with van der Waals surface area (Å²) in [6.07, 6.45) is 21.8. The van der Waals surface area contributed by atoms with Crippen molar-refractivity contribution in [2.24, 2.45) is 0 Å². The van der Waals surface area contributed by atoms with E-state index < -0.39 is 0 Å². The zero-order chi connectivity index (χ0) is 28.4. The van der Waals surface area contributed by atoms with Gasteiger partial charge in [0.1, 0.15) is 0 Å². The van der Waals surface area contributed by atoms with E-state index in [1.165, 1.54) is 103 Å². The third-order valence-electron chi connectivity index (χ3n) is 8.60. The van der Waals surface area contributed by atoms with Crippen molar-refractivity contribution in [2.75, 3.05) is 0 Å². The number of hydrogen-bond acceptors (Lipinski definition) is 0. The van der Waals surface area contributed by atoms with Crippen LogP contribution in [0.1, 0.15) is 95.9 Å². The summed E-state index contributed by atoms with van der Waals surface area (Å²) in [6.45, 7) is 0. The molecule has 4 aromatic carbocycles. The van der Waals surface area contributed by atoms with Gasteiger partial charge in [-0.1, -0.05) is 103 Å². The van der Waals surface area contributed by atoms with Crippen molar-refractivity contribution in [1.29, 1.82) is 0 Å². The van der Waals surface area contributed by atoms with Gasteiger partial charge in [-0.05, 0) is 0 Å². The first-order valence-electron chi connectivity index (χ1n) is 15.5. The van der Waals surface area contributed by atoms with E-state index >= 15 is 0 Å². The number of hydrogen-bond donors (Lipinski definition) is 0. The van der Waals surface area contributed by atoms with E-state index in [0.717, 1.165) is 47.8 Å². The zero-order valence-corrected chi connectivity index (χ0v) is 34.1. The summed E-state index contributed by atoms with van der Waals surface area (Å²) < 4.78 is 6.78. The van der Waals surface area contributed by atoms with E-state index in [9.17, 15) is 0 Å². The van der Waals surface area contributed by atoms with E-state index in [0.29, 0.717) is 0 Å². The SMILES string of the molecule is [CH2]=[Hf+2].[CH2]=[Hf+2].[Cl-].[Cl-].c1cc2c([cH-]1)CCCC2.c1cc2c([cH-]1)CCCC2.c1cc2c([cH-]1)CCCC2.c1cc2c([cH-]1)CCCC2. The molecule has 0 aliphatic heterocycles. The molecule has 0 spiro atoms. The van der Waals surface area contributed by atoms with Crippen molar-refractivity contribution < 1.29 is 72.6 Å². The molecule has 0 heterocycles. The Morgan fingerprint density at radius 1 is 0.357 bits per heavy atom. The van der Waals surface area contributed by atoms with Gasteiger partial charge in [-0.25, -0.2) is 24.3 Å². The van der Waals surface area contributed by atoms with Crippen LogP contribution in [0.3, 0.4) is 0 Å². The molecule has 0 aromatic heterocycles. The Morgan fingerprint density at radius 2 is 0.548 bits per heavy atom. The molecule has 0 atom stereocenters. The summed E-state index contributed by atoms with van der Waals surface area (Å²) in [6, 6.07) is 26.8. The van der Waals surface area contributed by atoms with Crippen LogP contribution in [0, 0.1) is 0 Å².